The maximum atomic E-state index is 12.9. The summed E-state index contributed by atoms with van der Waals surface area (Å²) in [4.78, 5) is 21.8. The van der Waals surface area contributed by atoms with Crippen molar-refractivity contribution in [1.82, 2.24) is 19.6 Å². The Bertz CT molecular complexity index is 1220. The summed E-state index contributed by atoms with van der Waals surface area (Å²) in [5.41, 5.74) is 4.09. The van der Waals surface area contributed by atoms with Gasteiger partial charge in [0, 0.05) is 34.5 Å². The minimum absolute atomic E-state index is 0.171. The number of anilines is 1. The summed E-state index contributed by atoms with van der Waals surface area (Å²) < 4.78 is 6.95. The van der Waals surface area contributed by atoms with Crippen LogP contribution in [0, 0.1) is 13.8 Å². The van der Waals surface area contributed by atoms with E-state index in [0.717, 1.165) is 17.0 Å². The van der Waals surface area contributed by atoms with Crippen LogP contribution in [0.4, 0.5) is 5.69 Å². The molecule has 0 aliphatic carbocycles. The Morgan fingerprint density at radius 1 is 1.10 bits per heavy atom. The lowest BCUT2D eigenvalue weighted by Crippen LogP contribution is -2.14. The van der Waals surface area contributed by atoms with Crippen molar-refractivity contribution in [3.8, 4) is 5.75 Å². The van der Waals surface area contributed by atoms with Crippen LogP contribution in [0.25, 0.3) is 5.78 Å². The standard InChI is InChI=1S/C22H21N5O2S/c1-14-11-15(2)27-21(23-14)25-22(26-27)30-13-16-7-4-5-10-19(16)20(28)24-17-8-6-9-18(12-17)29-3/h4-12H,13H2,1-3H3,(H,24,28). The number of hydrogen-bond acceptors (Lipinski definition) is 6. The van der Waals surface area contributed by atoms with E-state index < -0.39 is 0 Å². The molecule has 4 rings (SSSR count). The summed E-state index contributed by atoms with van der Waals surface area (Å²) in [5, 5.41) is 8.08. The molecule has 0 saturated heterocycles. The van der Waals surface area contributed by atoms with Gasteiger partial charge >= 0.3 is 0 Å². The van der Waals surface area contributed by atoms with E-state index in [-0.39, 0.29) is 5.91 Å². The number of fused-ring (bicyclic) bond motifs is 1. The topological polar surface area (TPSA) is 81.4 Å². The molecule has 152 valence electrons. The van der Waals surface area contributed by atoms with Crippen LogP contribution in [0.5, 0.6) is 5.75 Å². The molecular weight excluding hydrogens is 398 g/mol. The van der Waals surface area contributed by atoms with Gasteiger partial charge in [-0.15, -0.1) is 5.10 Å². The van der Waals surface area contributed by atoms with Gasteiger partial charge < -0.3 is 10.1 Å². The first-order chi connectivity index (χ1) is 14.5. The number of rotatable bonds is 6. The van der Waals surface area contributed by atoms with Crippen molar-refractivity contribution in [3.63, 3.8) is 0 Å². The second-order valence-corrected chi connectivity index (χ2v) is 7.72. The zero-order chi connectivity index (χ0) is 21.1. The van der Waals surface area contributed by atoms with Crippen molar-refractivity contribution in [2.24, 2.45) is 0 Å². The van der Waals surface area contributed by atoms with E-state index in [4.69, 9.17) is 4.74 Å². The number of ether oxygens (including phenoxy) is 1. The normalized spacial score (nSPS) is 10.9. The molecule has 0 atom stereocenters. The number of methoxy groups -OCH3 is 1. The van der Waals surface area contributed by atoms with Crippen LogP contribution in [0.1, 0.15) is 27.3 Å². The summed E-state index contributed by atoms with van der Waals surface area (Å²) in [5.74, 6) is 1.67. The summed E-state index contributed by atoms with van der Waals surface area (Å²) in [7, 11) is 1.60. The third-order valence-corrected chi connectivity index (χ3v) is 5.43. The summed E-state index contributed by atoms with van der Waals surface area (Å²) >= 11 is 1.47. The highest BCUT2D eigenvalue weighted by Crippen LogP contribution is 2.24. The molecule has 2 aromatic carbocycles. The molecule has 4 aromatic rings. The van der Waals surface area contributed by atoms with Gasteiger partial charge in [-0.2, -0.15) is 4.98 Å². The van der Waals surface area contributed by atoms with Gasteiger partial charge in [-0.3, -0.25) is 4.79 Å². The van der Waals surface area contributed by atoms with Gasteiger partial charge in [0.1, 0.15) is 5.75 Å². The lowest BCUT2D eigenvalue weighted by atomic mass is 10.1. The van der Waals surface area contributed by atoms with E-state index in [0.29, 0.717) is 33.7 Å². The SMILES string of the molecule is COc1cccc(NC(=O)c2ccccc2CSc2nc3nc(C)cc(C)n3n2)c1. The van der Waals surface area contributed by atoms with Crippen LogP contribution < -0.4 is 10.1 Å². The molecule has 2 heterocycles. The molecule has 0 unspecified atom stereocenters. The van der Waals surface area contributed by atoms with Gasteiger partial charge in [-0.05, 0) is 43.7 Å². The fourth-order valence-corrected chi connectivity index (χ4v) is 3.94. The lowest BCUT2D eigenvalue weighted by Gasteiger charge is -2.10. The molecular formula is C22H21N5O2S. The Kier molecular flexibility index (Phi) is 5.67. The molecule has 0 radical (unpaired) electrons. The van der Waals surface area contributed by atoms with Crippen LogP contribution in [-0.2, 0) is 5.75 Å². The maximum absolute atomic E-state index is 12.9. The molecule has 2 aromatic heterocycles. The molecule has 0 aliphatic heterocycles. The first kappa shape index (κ1) is 19.9. The number of benzene rings is 2. The van der Waals surface area contributed by atoms with Crippen LogP contribution >= 0.6 is 11.8 Å². The van der Waals surface area contributed by atoms with Crippen LogP contribution in [-0.4, -0.2) is 32.6 Å². The average Bonchev–Trinajstić information content (AvgIpc) is 3.16. The van der Waals surface area contributed by atoms with Crippen molar-refractivity contribution in [3.05, 3.63) is 77.1 Å². The van der Waals surface area contributed by atoms with Crippen molar-refractivity contribution in [1.29, 1.82) is 0 Å². The van der Waals surface area contributed by atoms with E-state index in [1.165, 1.54) is 11.8 Å². The number of nitrogens with zero attached hydrogens (tertiary/aromatic N) is 4. The van der Waals surface area contributed by atoms with Crippen molar-refractivity contribution < 1.29 is 9.53 Å². The van der Waals surface area contributed by atoms with Gasteiger partial charge in [-0.25, -0.2) is 9.50 Å². The van der Waals surface area contributed by atoms with Gasteiger partial charge in [0.05, 0.1) is 7.11 Å². The largest absolute Gasteiger partial charge is 0.497 e. The average molecular weight is 420 g/mol. The quantitative estimate of drug-likeness (QED) is 0.470. The molecule has 1 N–H and O–H groups in total. The van der Waals surface area contributed by atoms with Gasteiger partial charge in [0.2, 0.25) is 5.16 Å². The first-order valence-electron chi connectivity index (χ1n) is 9.40. The monoisotopic (exact) mass is 419 g/mol. The fraction of sp³-hybridized carbons (Fsp3) is 0.182. The molecule has 0 aliphatic rings. The molecule has 0 spiro atoms. The zero-order valence-electron chi connectivity index (χ0n) is 16.9. The summed E-state index contributed by atoms with van der Waals surface area (Å²) in [6.45, 7) is 3.91. The third-order valence-electron chi connectivity index (χ3n) is 4.55. The molecule has 1 amide bonds. The van der Waals surface area contributed by atoms with Gasteiger partial charge in [0.15, 0.2) is 0 Å². The van der Waals surface area contributed by atoms with Gasteiger partial charge in [-0.1, -0.05) is 36.0 Å². The molecule has 8 heteroatoms. The minimum Gasteiger partial charge on any atom is -0.497 e. The van der Waals surface area contributed by atoms with Crippen LogP contribution in [0.3, 0.4) is 0 Å². The molecule has 0 saturated carbocycles. The first-order valence-corrected chi connectivity index (χ1v) is 10.4. The number of aromatic nitrogens is 4. The Hall–Kier alpha value is -3.39. The predicted octanol–water partition coefficient (Wildman–Crippen LogP) is 4.29. The van der Waals surface area contributed by atoms with E-state index in [9.17, 15) is 4.79 Å². The minimum atomic E-state index is -0.171. The fourth-order valence-electron chi connectivity index (χ4n) is 3.12. The second kappa shape index (κ2) is 8.54. The third kappa shape index (κ3) is 4.28. The Morgan fingerprint density at radius 3 is 2.77 bits per heavy atom. The summed E-state index contributed by atoms with van der Waals surface area (Å²) in [6, 6.07) is 16.8. The number of thioether (sulfide) groups is 1. The highest BCUT2D eigenvalue weighted by atomic mass is 32.2. The van der Waals surface area contributed by atoms with Crippen molar-refractivity contribution in [2.75, 3.05) is 12.4 Å². The van der Waals surface area contributed by atoms with E-state index in [2.05, 4.69) is 20.4 Å². The number of carbonyl (C=O) groups is 1. The van der Waals surface area contributed by atoms with E-state index in [1.54, 1.807) is 17.7 Å². The van der Waals surface area contributed by atoms with Gasteiger partial charge in [0.25, 0.3) is 11.7 Å². The number of carbonyl (C=O) groups excluding carboxylic acids is 1. The number of aryl methyl sites for hydroxylation is 2. The Balaban J connectivity index is 1.52. The number of hydrogen-bond donors (Lipinski definition) is 1. The predicted molar refractivity (Wildman–Crippen MR) is 117 cm³/mol. The number of amides is 1. The Morgan fingerprint density at radius 2 is 1.93 bits per heavy atom. The Labute approximate surface area is 178 Å². The molecule has 0 bridgehead atoms. The molecule has 30 heavy (non-hydrogen) atoms. The van der Waals surface area contributed by atoms with Crippen LogP contribution in [0.15, 0.2) is 59.8 Å². The smallest absolute Gasteiger partial charge is 0.255 e. The number of nitrogens with one attached hydrogen (secondary N) is 1. The lowest BCUT2D eigenvalue weighted by molar-refractivity contribution is 0.102. The zero-order valence-corrected chi connectivity index (χ0v) is 17.7. The maximum Gasteiger partial charge on any atom is 0.255 e. The van der Waals surface area contributed by atoms with Crippen molar-refractivity contribution in [2.45, 2.75) is 24.8 Å². The van der Waals surface area contributed by atoms with Crippen molar-refractivity contribution >= 4 is 29.1 Å². The molecule has 7 nitrogen and oxygen atoms in total. The molecule has 0 fully saturated rings. The van der Waals surface area contributed by atoms with E-state index >= 15 is 0 Å². The van der Waals surface area contributed by atoms with E-state index in [1.807, 2.05) is 62.4 Å². The van der Waals surface area contributed by atoms with Crippen LogP contribution in [0.2, 0.25) is 0 Å². The summed E-state index contributed by atoms with van der Waals surface area (Å²) in [6.07, 6.45) is 0. The second-order valence-electron chi connectivity index (χ2n) is 6.78. The highest BCUT2D eigenvalue weighted by molar-refractivity contribution is 7.98. The highest BCUT2D eigenvalue weighted by Gasteiger charge is 2.14.